The van der Waals surface area contributed by atoms with Crippen molar-refractivity contribution in [2.24, 2.45) is 7.05 Å². The van der Waals surface area contributed by atoms with Gasteiger partial charge in [0.25, 0.3) is 5.91 Å². The number of amides is 1. The lowest BCUT2D eigenvalue weighted by Gasteiger charge is -1.92. The van der Waals surface area contributed by atoms with Gasteiger partial charge in [-0.25, -0.2) is 0 Å². The van der Waals surface area contributed by atoms with Crippen molar-refractivity contribution < 1.29 is 4.79 Å². The number of carbonyl (C=O) groups is 1. The van der Waals surface area contributed by atoms with E-state index in [9.17, 15) is 4.79 Å². The Hall–Kier alpha value is -1.32. The Morgan fingerprint density at radius 1 is 1.80 bits per heavy atom. The molecule has 0 saturated heterocycles. The average Bonchev–Trinajstić information content (AvgIpc) is 2.41. The minimum absolute atomic E-state index is 0.0110. The van der Waals surface area contributed by atoms with E-state index in [4.69, 9.17) is 0 Å². The first-order chi connectivity index (χ1) is 4.79. The molecule has 1 amide bonds. The molecule has 0 aliphatic carbocycles. The van der Waals surface area contributed by atoms with E-state index >= 15 is 0 Å². The summed E-state index contributed by atoms with van der Waals surface area (Å²) in [6, 6.07) is 0. The molecule has 4 nitrogen and oxygen atoms in total. The number of aryl methyl sites for hydroxylation is 1. The maximum atomic E-state index is 10.9. The smallest absolute Gasteiger partial charge is 0.255 e. The maximum Gasteiger partial charge on any atom is 0.255 e. The molecule has 4 heteroatoms. The van der Waals surface area contributed by atoms with E-state index in [0.29, 0.717) is 12.1 Å². The predicted octanol–water partition coefficient (Wildman–Crippen LogP) is -0.336. The molecule has 1 aromatic rings. The molecule has 2 rings (SSSR count). The number of hydrogen-bond donors (Lipinski definition) is 1. The molecule has 1 aliphatic rings. The van der Waals surface area contributed by atoms with Gasteiger partial charge in [-0.05, 0) is 0 Å². The van der Waals surface area contributed by atoms with Gasteiger partial charge in [0.05, 0.1) is 24.0 Å². The van der Waals surface area contributed by atoms with E-state index in [1.54, 1.807) is 10.9 Å². The van der Waals surface area contributed by atoms with Gasteiger partial charge in [-0.2, -0.15) is 5.10 Å². The number of hydrogen-bond acceptors (Lipinski definition) is 2. The van der Waals surface area contributed by atoms with Crippen LogP contribution in [0.4, 0.5) is 0 Å². The molecule has 0 atom stereocenters. The van der Waals surface area contributed by atoms with Gasteiger partial charge in [0.15, 0.2) is 0 Å². The summed E-state index contributed by atoms with van der Waals surface area (Å²) in [5, 5.41) is 6.65. The predicted molar refractivity (Wildman–Crippen MR) is 34.4 cm³/mol. The van der Waals surface area contributed by atoms with E-state index in [0.717, 1.165) is 5.69 Å². The maximum absolute atomic E-state index is 10.9. The zero-order valence-corrected chi connectivity index (χ0v) is 5.59. The number of carbonyl (C=O) groups excluding carboxylic acids is 1. The minimum Gasteiger partial charge on any atom is -0.346 e. The summed E-state index contributed by atoms with van der Waals surface area (Å²) in [5.41, 5.74) is 1.69. The van der Waals surface area contributed by atoms with Crippen LogP contribution in [-0.4, -0.2) is 15.7 Å². The second kappa shape index (κ2) is 1.59. The molecule has 1 aliphatic heterocycles. The molecule has 2 heterocycles. The molecule has 0 spiro atoms. The van der Waals surface area contributed by atoms with Gasteiger partial charge in [-0.3, -0.25) is 9.48 Å². The van der Waals surface area contributed by atoms with Crippen LogP contribution in [0.1, 0.15) is 16.1 Å². The topological polar surface area (TPSA) is 46.9 Å². The molecule has 0 bridgehead atoms. The van der Waals surface area contributed by atoms with Crippen LogP contribution in [-0.2, 0) is 13.6 Å². The van der Waals surface area contributed by atoms with Crippen LogP contribution < -0.4 is 5.32 Å². The van der Waals surface area contributed by atoms with E-state index in [-0.39, 0.29) is 5.91 Å². The largest absolute Gasteiger partial charge is 0.346 e. The number of aromatic nitrogens is 2. The normalized spacial score (nSPS) is 15.1. The standard InChI is InChI=1S/C6H7N3O/c1-9-5-3-7-6(10)4(5)2-8-9/h2H,3H2,1H3,(H,7,10). The molecule has 10 heavy (non-hydrogen) atoms. The zero-order valence-electron chi connectivity index (χ0n) is 5.59. The van der Waals surface area contributed by atoms with E-state index < -0.39 is 0 Å². The molecule has 0 radical (unpaired) electrons. The van der Waals surface area contributed by atoms with Crippen LogP contribution in [0.2, 0.25) is 0 Å². The third kappa shape index (κ3) is 0.504. The summed E-state index contributed by atoms with van der Waals surface area (Å²) in [6.45, 7) is 0.616. The molecule has 0 fully saturated rings. The van der Waals surface area contributed by atoms with Crippen LogP contribution in [0, 0.1) is 0 Å². The van der Waals surface area contributed by atoms with Crippen LogP contribution in [0.5, 0.6) is 0 Å². The zero-order chi connectivity index (χ0) is 7.14. The Morgan fingerprint density at radius 2 is 2.60 bits per heavy atom. The molecule has 1 aromatic heterocycles. The summed E-state index contributed by atoms with van der Waals surface area (Å²) < 4.78 is 1.72. The van der Waals surface area contributed by atoms with Crippen molar-refractivity contribution in [3.05, 3.63) is 17.5 Å². The molecular formula is C6H7N3O. The quantitative estimate of drug-likeness (QED) is 0.532. The van der Waals surface area contributed by atoms with Crippen molar-refractivity contribution in [2.75, 3.05) is 0 Å². The fraction of sp³-hybridized carbons (Fsp3) is 0.333. The van der Waals surface area contributed by atoms with Crippen molar-refractivity contribution in [1.82, 2.24) is 15.1 Å². The Morgan fingerprint density at radius 3 is 3.30 bits per heavy atom. The van der Waals surface area contributed by atoms with Crippen LogP contribution in [0.3, 0.4) is 0 Å². The van der Waals surface area contributed by atoms with E-state index in [1.807, 2.05) is 7.05 Å². The molecular weight excluding hydrogens is 130 g/mol. The van der Waals surface area contributed by atoms with Crippen molar-refractivity contribution in [1.29, 1.82) is 0 Å². The van der Waals surface area contributed by atoms with Gasteiger partial charge in [0, 0.05) is 7.05 Å². The monoisotopic (exact) mass is 137 g/mol. The highest BCUT2D eigenvalue weighted by molar-refractivity contribution is 5.97. The van der Waals surface area contributed by atoms with E-state index in [2.05, 4.69) is 10.4 Å². The minimum atomic E-state index is -0.0110. The third-order valence-corrected chi connectivity index (χ3v) is 1.72. The molecule has 0 aromatic carbocycles. The third-order valence-electron chi connectivity index (χ3n) is 1.72. The van der Waals surface area contributed by atoms with Crippen LogP contribution in [0.25, 0.3) is 0 Å². The summed E-state index contributed by atoms with van der Waals surface area (Å²) in [6.07, 6.45) is 1.59. The fourth-order valence-corrected chi connectivity index (χ4v) is 1.12. The highest BCUT2D eigenvalue weighted by atomic mass is 16.2. The second-order valence-electron chi connectivity index (χ2n) is 2.31. The summed E-state index contributed by atoms with van der Waals surface area (Å²) in [7, 11) is 1.83. The summed E-state index contributed by atoms with van der Waals surface area (Å²) in [5.74, 6) is -0.0110. The van der Waals surface area contributed by atoms with Gasteiger partial charge in [0.1, 0.15) is 0 Å². The van der Waals surface area contributed by atoms with E-state index in [1.165, 1.54) is 0 Å². The van der Waals surface area contributed by atoms with Crippen molar-refractivity contribution in [3.8, 4) is 0 Å². The molecule has 0 saturated carbocycles. The van der Waals surface area contributed by atoms with Gasteiger partial charge in [-0.15, -0.1) is 0 Å². The van der Waals surface area contributed by atoms with Crippen molar-refractivity contribution in [2.45, 2.75) is 6.54 Å². The first-order valence-electron chi connectivity index (χ1n) is 3.08. The van der Waals surface area contributed by atoms with Gasteiger partial charge < -0.3 is 5.32 Å². The Balaban J connectivity index is 2.63. The van der Waals surface area contributed by atoms with Crippen LogP contribution >= 0.6 is 0 Å². The summed E-state index contributed by atoms with van der Waals surface area (Å²) in [4.78, 5) is 10.9. The number of fused-ring (bicyclic) bond motifs is 1. The van der Waals surface area contributed by atoms with Gasteiger partial charge in [0.2, 0.25) is 0 Å². The van der Waals surface area contributed by atoms with Crippen molar-refractivity contribution in [3.63, 3.8) is 0 Å². The SMILES string of the molecule is Cn1ncc2c1CNC2=O. The first-order valence-corrected chi connectivity index (χ1v) is 3.08. The molecule has 0 unspecified atom stereocenters. The number of rotatable bonds is 0. The fourth-order valence-electron chi connectivity index (χ4n) is 1.12. The average molecular weight is 137 g/mol. The van der Waals surface area contributed by atoms with Gasteiger partial charge >= 0.3 is 0 Å². The molecule has 52 valence electrons. The highest BCUT2D eigenvalue weighted by Gasteiger charge is 2.21. The van der Waals surface area contributed by atoms with Gasteiger partial charge in [-0.1, -0.05) is 0 Å². The lowest BCUT2D eigenvalue weighted by Crippen LogP contribution is -2.13. The molecule has 1 N–H and O–H groups in total. The lowest BCUT2D eigenvalue weighted by atomic mass is 10.3. The summed E-state index contributed by atoms with van der Waals surface area (Å²) >= 11 is 0. The first kappa shape index (κ1) is 5.46. The van der Waals surface area contributed by atoms with Crippen LogP contribution in [0.15, 0.2) is 6.20 Å². The second-order valence-corrected chi connectivity index (χ2v) is 2.31. The number of nitrogens with one attached hydrogen (secondary N) is 1. The Kier molecular flexibility index (Phi) is 0.869. The Labute approximate surface area is 57.8 Å². The number of nitrogens with zero attached hydrogens (tertiary/aromatic N) is 2. The highest BCUT2D eigenvalue weighted by Crippen LogP contribution is 2.12. The lowest BCUT2D eigenvalue weighted by molar-refractivity contribution is 0.0965. The Bertz CT molecular complexity index is 289. The van der Waals surface area contributed by atoms with Crippen molar-refractivity contribution >= 4 is 5.91 Å².